The van der Waals surface area contributed by atoms with E-state index in [1.54, 1.807) is 0 Å². The largest absolute Gasteiger partial charge is 0.493 e. The molecule has 0 saturated carbocycles. The van der Waals surface area contributed by atoms with E-state index in [9.17, 15) is 19.8 Å². The third kappa shape index (κ3) is 7.24. The monoisotopic (exact) mass is 550 g/mol. The first-order chi connectivity index (χ1) is 19.5. The molecule has 3 atom stereocenters. The fourth-order valence-corrected chi connectivity index (χ4v) is 6.42. The number of ether oxygens (including phenoxy) is 1. The number of carboxylic acid groups (broad SMARTS) is 1. The van der Waals surface area contributed by atoms with Crippen molar-refractivity contribution >= 4 is 11.9 Å². The second-order valence-corrected chi connectivity index (χ2v) is 11.3. The van der Waals surface area contributed by atoms with Gasteiger partial charge in [-0.15, -0.1) is 0 Å². The van der Waals surface area contributed by atoms with Crippen LogP contribution in [-0.4, -0.2) is 70.7 Å². The zero-order valence-corrected chi connectivity index (χ0v) is 24.2. The van der Waals surface area contributed by atoms with Crippen LogP contribution in [-0.2, 0) is 29.0 Å². The number of aliphatic hydroxyl groups excluding tert-OH is 1. The topological polar surface area (TPSA) is 90.3 Å². The van der Waals surface area contributed by atoms with Crippen LogP contribution >= 0.6 is 0 Å². The maximum atomic E-state index is 13.6. The van der Waals surface area contributed by atoms with Crippen molar-refractivity contribution in [2.45, 2.75) is 83.8 Å². The van der Waals surface area contributed by atoms with Crippen molar-refractivity contribution in [1.29, 1.82) is 0 Å². The lowest BCUT2D eigenvalue weighted by molar-refractivity contribution is -0.143. The Morgan fingerprint density at radius 3 is 2.42 bits per heavy atom. The number of unbranched alkanes of at least 4 members (excludes halogenated alkanes) is 2. The minimum atomic E-state index is -0.800. The lowest BCUT2D eigenvalue weighted by atomic mass is 9.83. The highest BCUT2D eigenvalue weighted by atomic mass is 16.5. The first-order valence-electron chi connectivity index (χ1n) is 15.1. The van der Waals surface area contributed by atoms with E-state index >= 15 is 0 Å². The van der Waals surface area contributed by atoms with Crippen molar-refractivity contribution in [1.82, 2.24) is 9.80 Å². The SMILES string of the molecule is CCCCN(CCCC)C(=O)CN1C[C@H](c2ccc3c(c2)CCO3)[C@@H](C(=O)O)[C@@H]1CCCc1ccccc1CO. The molecule has 0 aliphatic carbocycles. The molecule has 2 aromatic rings. The third-order valence-electron chi connectivity index (χ3n) is 8.66. The van der Waals surface area contributed by atoms with Crippen molar-refractivity contribution in [3.8, 4) is 5.75 Å². The maximum absolute atomic E-state index is 13.6. The summed E-state index contributed by atoms with van der Waals surface area (Å²) in [5, 5.41) is 20.3. The number of nitrogens with zero attached hydrogens (tertiary/aromatic N) is 2. The maximum Gasteiger partial charge on any atom is 0.308 e. The molecule has 2 aliphatic rings. The molecule has 0 spiro atoms. The molecule has 1 fully saturated rings. The Morgan fingerprint density at radius 2 is 1.75 bits per heavy atom. The molecular formula is C33H46N2O5. The predicted molar refractivity (Wildman–Crippen MR) is 157 cm³/mol. The Morgan fingerprint density at radius 1 is 1.02 bits per heavy atom. The lowest BCUT2D eigenvalue weighted by Crippen LogP contribution is -2.44. The number of fused-ring (bicyclic) bond motifs is 1. The van der Waals surface area contributed by atoms with E-state index in [0.717, 1.165) is 86.0 Å². The summed E-state index contributed by atoms with van der Waals surface area (Å²) >= 11 is 0. The van der Waals surface area contributed by atoms with E-state index in [1.807, 2.05) is 41.3 Å². The van der Waals surface area contributed by atoms with Gasteiger partial charge in [-0.1, -0.05) is 63.1 Å². The highest BCUT2D eigenvalue weighted by Gasteiger charge is 2.47. The van der Waals surface area contributed by atoms with E-state index in [-0.39, 0.29) is 31.0 Å². The number of carbonyl (C=O) groups is 2. The van der Waals surface area contributed by atoms with Crippen molar-refractivity contribution in [2.75, 3.05) is 32.8 Å². The number of amides is 1. The molecule has 2 heterocycles. The number of aliphatic carboxylic acids is 1. The standard InChI is InChI=1S/C33H46N2O5/c1-3-5-17-34(18-6-4-2)31(37)22-35-21-28(25-14-15-30-26(20-25)16-19-40-30)32(33(38)39)29(35)13-9-12-24-10-7-8-11-27(24)23-36/h7-8,10-11,14-15,20,28-29,32,36H,3-6,9,12-13,16-19,21-23H2,1-2H3,(H,38,39)/t28-,29+,32-/m1/s1. The molecule has 1 amide bonds. The highest BCUT2D eigenvalue weighted by molar-refractivity contribution is 5.79. The van der Waals surface area contributed by atoms with Crippen LogP contribution in [0.15, 0.2) is 42.5 Å². The summed E-state index contributed by atoms with van der Waals surface area (Å²) in [5.41, 5.74) is 4.17. The van der Waals surface area contributed by atoms with Crippen LogP contribution in [0.3, 0.4) is 0 Å². The zero-order valence-electron chi connectivity index (χ0n) is 24.2. The van der Waals surface area contributed by atoms with Gasteiger partial charge in [0.2, 0.25) is 5.91 Å². The van der Waals surface area contributed by atoms with Crippen LogP contribution in [0.1, 0.15) is 80.5 Å². The van der Waals surface area contributed by atoms with E-state index in [4.69, 9.17) is 4.74 Å². The number of aryl methyl sites for hydroxylation is 1. The summed E-state index contributed by atoms with van der Waals surface area (Å²) < 4.78 is 5.70. The number of hydrogen-bond acceptors (Lipinski definition) is 5. The summed E-state index contributed by atoms with van der Waals surface area (Å²) in [5.74, 6) is -0.593. The van der Waals surface area contributed by atoms with Gasteiger partial charge in [0.25, 0.3) is 0 Å². The number of hydrogen-bond donors (Lipinski definition) is 2. The quantitative estimate of drug-likeness (QED) is 0.323. The second kappa shape index (κ2) is 14.6. The number of likely N-dealkylation sites (tertiary alicyclic amines) is 1. The number of carboxylic acids is 1. The van der Waals surface area contributed by atoms with Gasteiger partial charge >= 0.3 is 5.97 Å². The van der Waals surface area contributed by atoms with E-state index in [2.05, 4.69) is 24.8 Å². The van der Waals surface area contributed by atoms with Gasteiger partial charge in [0.1, 0.15) is 5.75 Å². The number of rotatable bonds is 15. The molecule has 2 aromatic carbocycles. The van der Waals surface area contributed by atoms with Gasteiger partial charge in [-0.3, -0.25) is 14.5 Å². The van der Waals surface area contributed by atoms with Crippen molar-refractivity contribution in [3.63, 3.8) is 0 Å². The lowest BCUT2D eigenvalue weighted by Gasteiger charge is -2.30. The molecule has 0 bridgehead atoms. The van der Waals surface area contributed by atoms with Crippen molar-refractivity contribution < 1.29 is 24.5 Å². The van der Waals surface area contributed by atoms with Gasteiger partial charge < -0.3 is 19.8 Å². The van der Waals surface area contributed by atoms with E-state index in [0.29, 0.717) is 19.6 Å². The van der Waals surface area contributed by atoms with E-state index < -0.39 is 11.9 Å². The minimum Gasteiger partial charge on any atom is -0.493 e. The smallest absolute Gasteiger partial charge is 0.308 e. The van der Waals surface area contributed by atoms with Crippen molar-refractivity contribution in [3.05, 3.63) is 64.7 Å². The zero-order chi connectivity index (χ0) is 28.5. The molecule has 4 rings (SSSR count). The number of benzene rings is 2. The number of aliphatic hydroxyl groups is 1. The molecule has 2 aliphatic heterocycles. The summed E-state index contributed by atoms with van der Waals surface area (Å²) in [6, 6.07) is 13.7. The van der Waals surface area contributed by atoms with Crippen LogP contribution in [0, 0.1) is 5.92 Å². The molecule has 40 heavy (non-hydrogen) atoms. The Kier molecular flexibility index (Phi) is 11.0. The third-order valence-corrected chi connectivity index (χ3v) is 8.66. The summed E-state index contributed by atoms with van der Waals surface area (Å²) in [4.78, 5) is 30.6. The molecule has 0 radical (unpaired) electrons. The van der Waals surface area contributed by atoms with Gasteiger partial charge in [0, 0.05) is 38.0 Å². The average molecular weight is 551 g/mol. The molecule has 1 saturated heterocycles. The Labute approximate surface area is 239 Å². The average Bonchev–Trinajstić information content (AvgIpc) is 3.57. The summed E-state index contributed by atoms with van der Waals surface area (Å²) in [6.07, 6.45) is 7.08. The normalized spacial score (nSPS) is 20.3. The van der Waals surface area contributed by atoms with Gasteiger partial charge in [0.05, 0.1) is 25.7 Å². The Bertz CT molecular complexity index is 1130. The first kappa shape index (κ1) is 30.1. The van der Waals surface area contributed by atoms with Crippen LogP contribution in [0.5, 0.6) is 5.75 Å². The fraction of sp³-hybridized carbons (Fsp3) is 0.576. The Hall–Kier alpha value is -2.90. The van der Waals surface area contributed by atoms with Crippen LogP contribution in [0.25, 0.3) is 0 Å². The van der Waals surface area contributed by atoms with E-state index in [1.165, 1.54) is 0 Å². The fourth-order valence-electron chi connectivity index (χ4n) is 6.42. The number of carbonyl (C=O) groups excluding carboxylic acids is 1. The molecule has 0 unspecified atom stereocenters. The minimum absolute atomic E-state index is 0.00650. The molecule has 7 nitrogen and oxygen atoms in total. The molecule has 0 aromatic heterocycles. The van der Waals surface area contributed by atoms with Gasteiger partial charge in [-0.2, -0.15) is 0 Å². The molecule has 218 valence electrons. The molecular weight excluding hydrogens is 504 g/mol. The summed E-state index contributed by atoms with van der Waals surface area (Å²) in [7, 11) is 0. The highest BCUT2D eigenvalue weighted by Crippen LogP contribution is 2.41. The van der Waals surface area contributed by atoms with Gasteiger partial charge in [0.15, 0.2) is 0 Å². The van der Waals surface area contributed by atoms with Crippen LogP contribution < -0.4 is 4.74 Å². The van der Waals surface area contributed by atoms with Gasteiger partial charge in [-0.25, -0.2) is 0 Å². The first-order valence-corrected chi connectivity index (χ1v) is 15.1. The second-order valence-electron chi connectivity index (χ2n) is 11.3. The Balaban J connectivity index is 1.57. The molecule has 2 N–H and O–H groups in total. The van der Waals surface area contributed by atoms with Crippen molar-refractivity contribution in [2.24, 2.45) is 5.92 Å². The molecule has 7 heteroatoms. The summed E-state index contributed by atoms with van der Waals surface area (Å²) in [6.45, 7) is 7.23. The predicted octanol–water partition coefficient (Wildman–Crippen LogP) is 5.03. The van der Waals surface area contributed by atoms with Crippen LogP contribution in [0.4, 0.5) is 0 Å². The van der Waals surface area contributed by atoms with Crippen LogP contribution in [0.2, 0.25) is 0 Å². The van der Waals surface area contributed by atoms with Gasteiger partial charge in [-0.05, 0) is 60.4 Å².